The van der Waals surface area contributed by atoms with Crippen molar-refractivity contribution in [2.24, 2.45) is 0 Å². The second kappa shape index (κ2) is 4.49. The zero-order chi connectivity index (χ0) is 13.6. The number of anilines is 1. The van der Waals surface area contributed by atoms with E-state index < -0.39 is 5.97 Å². The van der Waals surface area contributed by atoms with Crippen LogP contribution in [0.3, 0.4) is 0 Å². The number of aliphatic hydroxyl groups is 1. The SMILES string of the molecule is Cc1cc(C(=O)O)cc(N2C3CCC2CC(O)C3)n1. The van der Waals surface area contributed by atoms with Gasteiger partial charge in [0.15, 0.2) is 0 Å². The van der Waals surface area contributed by atoms with Gasteiger partial charge in [0.25, 0.3) is 0 Å². The molecule has 5 nitrogen and oxygen atoms in total. The van der Waals surface area contributed by atoms with E-state index in [9.17, 15) is 9.90 Å². The van der Waals surface area contributed by atoms with Crippen LogP contribution in [0, 0.1) is 6.92 Å². The van der Waals surface area contributed by atoms with Crippen LogP contribution in [0.1, 0.15) is 41.7 Å². The van der Waals surface area contributed by atoms with E-state index in [2.05, 4.69) is 9.88 Å². The highest BCUT2D eigenvalue weighted by molar-refractivity contribution is 5.88. The van der Waals surface area contributed by atoms with Crippen LogP contribution in [0.2, 0.25) is 0 Å². The average Bonchev–Trinajstić information content (AvgIpc) is 2.61. The van der Waals surface area contributed by atoms with Gasteiger partial charge in [0, 0.05) is 17.8 Å². The van der Waals surface area contributed by atoms with Gasteiger partial charge in [-0.1, -0.05) is 0 Å². The number of carboxylic acids is 1. The first-order valence-corrected chi connectivity index (χ1v) is 6.73. The Kier molecular flexibility index (Phi) is 2.93. The van der Waals surface area contributed by atoms with E-state index in [4.69, 9.17) is 5.11 Å². The predicted molar refractivity (Wildman–Crippen MR) is 70.5 cm³/mol. The van der Waals surface area contributed by atoms with Gasteiger partial charge in [-0.15, -0.1) is 0 Å². The summed E-state index contributed by atoms with van der Waals surface area (Å²) in [6.45, 7) is 1.82. The third kappa shape index (κ3) is 2.18. The van der Waals surface area contributed by atoms with Crippen LogP contribution in [-0.4, -0.2) is 39.4 Å². The summed E-state index contributed by atoms with van der Waals surface area (Å²) < 4.78 is 0. The number of aryl methyl sites for hydroxylation is 1. The first-order chi connectivity index (χ1) is 9.04. The third-order valence-electron chi connectivity index (χ3n) is 4.16. The lowest BCUT2D eigenvalue weighted by molar-refractivity contribution is 0.0696. The summed E-state index contributed by atoms with van der Waals surface area (Å²) in [5.41, 5.74) is 1.01. The van der Waals surface area contributed by atoms with Crippen LogP contribution in [0.25, 0.3) is 0 Å². The molecule has 2 unspecified atom stereocenters. The molecule has 0 saturated carbocycles. The minimum absolute atomic E-state index is 0.225. The van der Waals surface area contributed by atoms with Gasteiger partial charge in [0.1, 0.15) is 5.82 Å². The molecular formula is C14H18N2O3. The maximum Gasteiger partial charge on any atom is 0.335 e. The van der Waals surface area contributed by atoms with Crippen molar-refractivity contribution in [3.05, 3.63) is 23.4 Å². The molecule has 0 aliphatic carbocycles. The van der Waals surface area contributed by atoms with Crippen LogP contribution in [-0.2, 0) is 0 Å². The molecule has 1 aromatic heterocycles. The molecule has 2 atom stereocenters. The van der Waals surface area contributed by atoms with Crippen molar-refractivity contribution in [1.29, 1.82) is 0 Å². The first kappa shape index (κ1) is 12.4. The van der Waals surface area contributed by atoms with Crippen molar-refractivity contribution >= 4 is 11.8 Å². The summed E-state index contributed by atoms with van der Waals surface area (Å²) in [4.78, 5) is 17.8. The number of pyridine rings is 1. The Bertz CT molecular complexity index is 503. The molecule has 2 aliphatic heterocycles. The fourth-order valence-electron chi connectivity index (χ4n) is 3.43. The molecule has 2 saturated heterocycles. The summed E-state index contributed by atoms with van der Waals surface area (Å²) in [7, 11) is 0. The topological polar surface area (TPSA) is 73.7 Å². The standard InChI is InChI=1S/C14H18N2O3/c1-8-4-9(14(18)19)5-13(15-8)16-10-2-3-11(16)7-12(17)6-10/h4-5,10-12,17H,2-3,6-7H2,1H3,(H,18,19). The number of piperidine rings is 1. The number of carbonyl (C=O) groups is 1. The van der Waals surface area contributed by atoms with Crippen molar-refractivity contribution < 1.29 is 15.0 Å². The fourth-order valence-corrected chi connectivity index (χ4v) is 3.43. The van der Waals surface area contributed by atoms with Gasteiger partial charge in [0.05, 0.1) is 11.7 Å². The maximum absolute atomic E-state index is 11.1. The highest BCUT2D eigenvalue weighted by Crippen LogP contribution is 2.38. The first-order valence-electron chi connectivity index (χ1n) is 6.73. The Hall–Kier alpha value is -1.62. The minimum atomic E-state index is -0.920. The van der Waals surface area contributed by atoms with E-state index >= 15 is 0 Å². The molecule has 102 valence electrons. The molecule has 19 heavy (non-hydrogen) atoms. The number of hydrogen-bond acceptors (Lipinski definition) is 4. The number of carboxylic acid groups (broad SMARTS) is 1. The summed E-state index contributed by atoms with van der Waals surface area (Å²) >= 11 is 0. The minimum Gasteiger partial charge on any atom is -0.478 e. The monoisotopic (exact) mass is 262 g/mol. The van der Waals surface area contributed by atoms with Gasteiger partial charge in [-0.05, 0) is 44.7 Å². The molecule has 3 rings (SSSR count). The van der Waals surface area contributed by atoms with E-state index in [0.717, 1.165) is 37.2 Å². The number of aliphatic hydroxyl groups excluding tert-OH is 1. The molecule has 3 heterocycles. The smallest absolute Gasteiger partial charge is 0.335 e. The maximum atomic E-state index is 11.1. The summed E-state index contributed by atoms with van der Waals surface area (Å²) in [6.07, 6.45) is 3.40. The van der Waals surface area contributed by atoms with Crippen LogP contribution in [0.4, 0.5) is 5.82 Å². The van der Waals surface area contributed by atoms with E-state index in [1.807, 2.05) is 6.92 Å². The van der Waals surface area contributed by atoms with Crippen LogP contribution in [0.15, 0.2) is 12.1 Å². The van der Waals surface area contributed by atoms with Gasteiger partial charge in [0.2, 0.25) is 0 Å². The van der Waals surface area contributed by atoms with Gasteiger partial charge >= 0.3 is 5.97 Å². The number of rotatable bonds is 2. The van der Waals surface area contributed by atoms with Crippen molar-refractivity contribution in [3.63, 3.8) is 0 Å². The number of aromatic carboxylic acids is 1. The molecule has 2 bridgehead atoms. The molecule has 2 fully saturated rings. The average molecular weight is 262 g/mol. The van der Waals surface area contributed by atoms with Gasteiger partial charge in [-0.2, -0.15) is 0 Å². The van der Waals surface area contributed by atoms with Crippen LogP contribution in [0.5, 0.6) is 0 Å². The normalized spacial score (nSPS) is 29.6. The molecule has 0 aromatic carbocycles. The predicted octanol–water partition coefficient (Wildman–Crippen LogP) is 1.58. The second-order valence-corrected chi connectivity index (χ2v) is 5.58. The lowest BCUT2D eigenvalue weighted by atomic mass is 9.99. The second-order valence-electron chi connectivity index (χ2n) is 5.58. The molecule has 0 amide bonds. The van der Waals surface area contributed by atoms with Gasteiger partial charge in [-0.25, -0.2) is 9.78 Å². The molecule has 2 aliphatic rings. The number of nitrogens with zero attached hydrogens (tertiary/aromatic N) is 2. The molecule has 5 heteroatoms. The van der Waals surface area contributed by atoms with Crippen LogP contribution < -0.4 is 4.90 Å². The molecule has 1 aromatic rings. The molecule has 0 spiro atoms. The third-order valence-corrected chi connectivity index (χ3v) is 4.16. The number of hydrogen-bond donors (Lipinski definition) is 2. The van der Waals surface area contributed by atoms with Crippen molar-refractivity contribution in [2.75, 3.05) is 4.90 Å². The fraction of sp³-hybridized carbons (Fsp3) is 0.571. The summed E-state index contributed by atoms with van der Waals surface area (Å²) in [6, 6.07) is 3.83. The van der Waals surface area contributed by atoms with Crippen LogP contribution >= 0.6 is 0 Å². The Balaban J connectivity index is 1.96. The van der Waals surface area contributed by atoms with E-state index in [1.54, 1.807) is 12.1 Å². The van der Waals surface area contributed by atoms with E-state index in [0.29, 0.717) is 12.1 Å². The lowest BCUT2D eigenvalue weighted by Crippen LogP contribution is -2.45. The highest BCUT2D eigenvalue weighted by atomic mass is 16.4. The number of aromatic nitrogens is 1. The Morgan fingerprint density at radius 2 is 1.95 bits per heavy atom. The zero-order valence-electron chi connectivity index (χ0n) is 10.9. The van der Waals surface area contributed by atoms with Gasteiger partial charge in [-0.3, -0.25) is 0 Å². The largest absolute Gasteiger partial charge is 0.478 e. The van der Waals surface area contributed by atoms with Gasteiger partial charge < -0.3 is 15.1 Å². The molecule has 0 radical (unpaired) electrons. The molecular weight excluding hydrogens is 244 g/mol. The van der Waals surface area contributed by atoms with Crippen molar-refractivity contribution in [1.82, 2.24) is 4.98 Å². The van der Waals surface area contributed by atoms with Crippen molar-refractivity contribution in [2.45, 2.75) is 50.8 Å². The summed E-state index contributed by atoms with van der Waals surface area (Å²) in [5.74, 6) is -0.173. The number of fused-ring (bicyclic) bond motifs is 2. The lowest BCUT2D eigenvalue weighted by Gasteiger charge is -2.38. The van der Waals surface area contributed by atoms with Crippen molar-refractivity contribution in [3.8, 4) is 0 Å². The summed E-state index contributed by atoms with van der Waals surface area (Å²) in [5, 5.41) is 18.9. The zero-order valence-corrected chi connectivity index (χ0v) is 10.9. The Labute approximate surface area is 111 Å². The Morgan fingerprint density at radius 3 is 2.53 bits per heavy atom. The molecule has 2 N–H and O–H groups in total. The highest BCUT2D eigenvalue weighted by Gasteiger charge is 2.41. The Morgan fingerprint density at radius 1 is 1.32 bits per heavy atom. The van der Waals surface area contributed by atoms with E-state index in [1.165, 1.54) is 0 Å². The van der Waals surface area contributed by atoms with E-state index in [-0.39, 0.29) is 11.7 Å². The quantitative estimate of drug-likeness (QED) is 0.846.